The second-order valence-corrected chi connectivity index (χ2v) is 12.2. The summed E-state index contributed by atoms with van der Waals surface area (Å²) in [6.07, 6.45) is 0. The molecular formula is C19H27NSi. The van der Waals surface area contributed by atoms with E-state index in [4.69, 9.17) is 0 Å². The number of benzene rings is 2. The molecule has 0 aliphatic carbocycles. The minimum atomic E-state index is -1.18. The van der Waals surface area contributed by atoms with Crippen LogP contribution in [0.15, 0.2) is 48.5 Å². The molecule has 0 aliphatic heterocycles. The average molecular weight is 298 g/mol. The van der Waals surface area contributed by atoms with Gasteiger partial charge >= 0.3 is 0 Å². The topological polar surface area (TPSA) is 3.24 Å². The van der Waals surface area contributed by atoms with Gasteiger partial charge in [0.1, 0.15) is 0 Å². The predicted octanol–water partition coefficient (Wildman–Crippen LogP) is 4.17. The van der Waals surface area contributed by atoms with Crippen LogP contribution in [0.5, 0.6) is 0 Å². The molecule has 21 heavy (non-hydrogen) atoms. The van der Waals surface area contributed by atoms with Crippen LogP contribution in [0.1, 0.15) is 16.7 Å². The summed E-state index contributed by atoms with van der Waals surface area (Å²) in [6, 6.07) is 18.0. The fourth-order valence-corrected chi connectivity index (χ4v) is 3.77. The van der Waals surface area contributed by atoms with Crippen molar-refractivity contribution in [3.05, 3.63) is 65.2 Å². The van der Waals surface area contributed by atoms with Crippen molar-refractivity contribution < 1.29 is 0 Å². The lowest BCUT2D eigenvalue weighted by Gasteiger charge is -2.19. The van der Waals surface area contributed by atoms with Gasteiger partial charge in [-0.15, -0.1) is 0 Å². The van der Waals surface area contributed by atoms with E-state index < -0.39 is 8.07 Å². The van der Waals surface area contributed by atoms with Crippen molar-refractivity contribution >= 4 is 13.3 Å². The lowest BCUT2D eigenvalue weighted by Crippen LogP contribution is -2.37. The van der Waals surface area contributed by atoms with Gasteiger partial charge in [0.15, 0.2) is 0 Å². The SMILES string of the molecule is Cc1cccc(CN(C)Cc2ccc([Si](C)(C)C)cc2)c1. The second-order valence-electron chi connectivity index (χ2n) is 7.11. The van der Waals surface area contributed by atoms with Gasteiger partial charge < -0.3 is 0 Å². The van der Waals surface area contributed by atoms with Crippen LogP contribution in [-0.4, -0.2) is 20.0 Å². The van der Waals surface area contributed by atoms with Crippen molar-refractivity contribution in [2.75, 3.05) is 7.05 Å². The zero-order valence-electron chi connectivity index (χ0n) is 14.0. The normalized spacial score (nSPS) is 11.9. The molecule has 0 unspecified atom stereocenters. The molecule has 0 spiro atoms. The van der Waals surface area contributed by atoms with Crippen molar-refractivity contribution in [1.29, 1.82) is 0 Å². The van der Waals surface area contributed by atoms with E-state index >= 15 is 0 Å². The molecule has 2 aromatic rings. The Hall–Kier alpha value is -1.38. The highest BCUT2D eigenvalue weighted by molar-refractivity contribution is 6.88. The highest BCUT2D eigenvalue weighted by atomic mass is 28.3. The summed E-state index contributed by atoms with van der Waals surface area (Å²) in [7, 11) is 1.01. The Balaban J connectivity index is 1.98. The standard InChI is InChI=1S/C19H27NSi/c1-16-7-6-8-18(13-16)15-20(2)14-17-9-11-19(12-10-17)21(3,4)5/h6-13H,14-15H2,1-5H3. The first-order valence-corrected chi connectivity index (χ1v) is 11.2. The van der Waals surface area contributed by atoms with Gasteiger partial charge in [-0.25, -0.2) is 0 Å². The van der Waals surface area contributed by atoms with Gasteiger partial charge in [-0.1, -0.05) is 78.9 Å². The molecule has 112 valence electrons. The van der Waals surface area contributed by atoms with Gasteiger partial charge in [0, 0.05) is 13.1 Å². The van der Waals surface area contributed by atoms with Crippen molar-refractivity contribution in [3.63, 3.8) is 0 Å². The summed E-state index contributed by atoms with van der Waals surface area (Å²) >= 11 is 0. The Morgan fingerprint density at radius 2 is 1.48 bits per heavy atom. The van der Waals surface area contributed by atoms with E-state index in [1.165, 1.54) is 21.9 Å². The highest BCUT2D eigenvalue weighted by Gasteiger charge is 2.15. The van der Waals surface area contributed by atoms with Gasteiger partial charge in [-0.2, -0.15) is 0 Å². The van der Waals surface area contributed by atoms with E-state index in [-0.39, 0.29) is 0 Å². The van der Waals surface area contributed by atoms with Crippen molar-refractivity contribution in [2.45, 2.75) is 39.7 Å². The predicted molar refractivity (Wildman–Crippen MR) is 95.8 cm³/mol. The molecule has 0 atom stereocenters. The number of hydrogen-bond acceptors (Lipinski definition) is 1. The molecular weight excluding hydrogens is 270 g/mol. The monoisotopic (exact) mass is 297 g/mol. The van der Waals surface area contributed by atoms with Crippen LogP contribution in [0.4, 0.5) is 0 Å². The van der Waals surface area contributed by atoms with Crippen molar-refractivity contribution in [2.24, 2.45) is 0 Å². The van der Waals surface area contributed by atoms with Crippen molar-refractivity contribution in [1.82, 2.24) is 4.90 Å². The van der Waals surface area contributed by atoms with E-state index in [0.717, 1.165) is 13.1 Å². The summed E-state index contributed by atoms with van der Waals surface area (Å²) in [4.78, 5) is 2.37. The largest absolute Gasteiger partial charge is 0.298 e. The summed E-state index contributed by atoms with van der Waals surface area (Å²) in [6.45, 7) is 11.3. The number of hydrogen-bond donors (Lipinski definition) is 0. The summed E-state index contributed by atoms with van der Waals surface area (Å²) in [5, 5.41) is 1.53. The smallest absolute Gasteiger partial charge is 0.0775 e. The molecule has 2 rings (SSSR count). The second kappa shape index (κ2) is 6.59. The maximum absolute atomic E-state index is 2.39. The van der Waals surface area contributed by atoms with E-state index in [1.807, 2.05) is 0 Å². The molecule has 1 nitrogen and oxygen atoms in total. The van der Waals surface area contributed by atoms with Gasteiger partial charge in [-0.05, 0) is 25.1 Å². The quantitative estimate of drug-likeness (QED) is 0.749. The molecule has 0 heterocycles. The van der Waals surface area contributed by atoms with Gasteiger partial charge in [0.05, 0.1) is 8.07 Å². The Morgan fingerprint density at radius 1 is 0.857 bits per heavy atom. The van der Waals surface area contributed by atoms with E-state index in [9.17, 15) is 0 Å². The minimum absolute atomic E-state index is 0.997. The number of nitrogens with zero attached hydrogens (tertiary/aromatic N) is 1. The Kier molecular flexibility index (Phi) is 5.02. The first-order valence-electron chi connectivity index (χ1n) is 7.68. The van der Waals surface area contributed by atoms with E-state index in [2.05, 4.69) is 87.0 Å². The lowest BCUT2D eigenvalue weighted by molar-refractivity contribution is 0.319. The molecule has 0 aromatic heterocycles. The number of rotatable bonds is 5. The summed E-state index contributed by atoms with van der Waals surface area (Å²) < 4.78 is 0. The van der Waals surface area contributed by atoms with Crippen LogP contribution in [0, 0.1) is 6.92 Å². The van der Waals surface area contributed by atoms with Crippen LogP contribution in [0.3, 0.4) is 0 Å². The van der Waals surface area contributed by atoms with Crippen LogP contribution in [-0.2, 0) is 13.1 Å². The molecule has 0 radical (unpaired) electrons. The van der Waals surface area contributed by atoms with Crippen LogP contribution >= 0.6 is 0 Å². The fourth-order valence-electron chi connectivity index (χ4n) is 2.60. The summed E-state index contributed by atoms with van der Waals surface area (Å²) in [5.74, 6) is 0. The van der Waals surface area contributed by atoms with Gasteiger partial charge in [0.2, 0.25) is 0 Å². The molecule has 0 aliphatic rings. The molecule has 0 saturated heterocycles. The van der Waals surface area contributed by atoms with Crippen LogP contribution < -0.4 is 5.19 Å². The van der Waals surface area contributed by atoms with Gasteiger partial charge in [-0.3, -0.25) is 4.90 Å². The molecule has 0 amide bonds. The number of aryl methyl sites for hydroxylation is 1. The Labute approximate surface area is 130 Å². The van der Waals surface area contributed by atoms with Crippen LogP contribution in [0.25, 0.3) is 0 Å². The maximum atomic E-state index is 2.39. The van der Waals surface area contributed by atoms with Crippen molar-refractivity contribution in [3.8, 4) is 0 Å². The molecule has 2 aromatic carbocycles. The first-order chi connectivity index (χ1) is 9.84. The third kappa shape index (κ3) is 4.83. The lowest BCUT2D eigenvalue weighted by atomic mass is 10.1. The summed E-state index contributed by atoms with van der Waals surface area (Å²) in [5.41, 5.74) is 4.11. The fraction of sp³-hybridized carbons (Fsp3) is 0.368. The highest BCUT2D eigenvalue weighted by Crippen LogP contribution is 2.10. The molecule has 0 fully saturated rings. The molecule has 0 bridgehead atoms. The van der Waals surface area contributed by atoms with Crippen LogP contribution in [0.2, 0.25) is 19.6 Å². The van der Waals surface area contributed by atoms with E-state index in [0.29, 0.717) is 0 Å². The first kappa shape index (κ1) is 16.0. The molecule has 0 saturated carbocycles. The molecule has 0 N–H and O–H groups in total. The Bertz CT molecular complexity index is 581. The van der Waals surface area contributed by atoms with Gasteiger partial charge in [0.25, 0.3) is 0 Å². The average Bonchev–Trinajstić information content (AvgIpc) is 2.38. The third-order valence-corrected chi connectivity index (χ3v) is 5.87. The maximum Gasteiger partial charge on any atom is 0.0775 e. The van der Waals surface area contributed by atoms with E-state index in [1.54, 1.807) is 0 Å². The zero-order chi connectivity index (χ0) is 15.5. The zero-order valence-corrected chi connectivity index (χ0v) is 15.0. The molecule has 2 heteroatoms. The minimum Gasteiger partial charge on any atom is -0.298 e. The third-order valence-electron chi connectivity index (χ3n) is 3.81. The Morgan fingerprint density at radius 3 is 2.05 bits per heavy atom.